The molecule has 0 heterocycles. The van der Waals surface area contributed by atoms with Crippen LogP contribution in [-0.4, -0.2) is 35.9 Å². The minimum atomic E-state index is -4.71. The quantitative estimate of drug-likeness (QED) is 0.479. The number of carbonyl (C=O) groups excluding carboxylic acids is 1. The van der Waals surface area contributed by atoms with Gasteiger partial charge in [-0.15, -0.1) is 0 Å². The van der Waals surface area contributed by atoms with Gasteiger partial charge in [0.05, 0.1) is 17.7 Å². The first kappa shape index (κ1) is 24.0. The Morgan fingerprint density at radius 2 is 1.74 bits per heavy atom. The predicted octanol–water partition coefficient (Wildman–Crippen LogP) is 5.11. The topological polar surface area (TPSA) is 84.9 Å². The van der Waals surface area contributed by atoms with Crippen LogP contribution in [0.25, 0.3) is 11.1 Å². The normalized spacial score (nSPS) is 11.7. The molecule has 0 unspecified atom stereocenters. The molecule has 0 aliphatic heterocycles. The molecular weight excluding hydrogens is 422 g/mol. The maximum atomic E-state index is 14.3. The third-order valence-corrected chi connectivity index (χ3v) is 3.80. The van der Waals surface area contributed by atoms with Crippen molar-refractivity contribution in [1.82, 2.24) is 5.32 Å². The molecule has 1 amide bonds. The highest BCUT2D eigenvalue weighted by Gasteiger charge is 2.31. The van der Waals surface area contributed by atoms with Crippen LogP contribution in [0.3, 0.4) is 0 Å². The fraction of sp³-hybridized carbons (Fsp3) is 0.333. The van der Waals surface area contributed by atoms with E-state index in [1.165, 1.54) is 12.1 Å². The first-order valence-electron chi connectivity index (χ1n) is 9.11. The van der Waals surface area contributed by atoms with Gasteiger partial charge >= 0.3 is 18.2 Å². The Morgan fingerprint density at radius 1 is 1.06 bits per heavy atom. The smallest absolute Gasteiger partial charge is 0.416 e. The summed E-state index contributed by atoms with van der Waals surface area (Å²) in [6.45, 7) is 5.07. The summed E-state index contributed by atoms with van der Waals surface area (Å²) in [5, 5.41) is 11.7. The van der Waals surface area contributed by atoms with Crippen LogP contribution < -0.4 is 10.1 Å². The molecule has 10 heteroatoms. The van der Waals surface area contributed by atoms with Crippen molar-refractivity contribution in [2.75, 3.05) is 13.2 Å². The zero-order chi connectivity index (χ0) is 23.4. The summed E-state index contributed by atoms with van der Waals surface area (Å²) in [6, 6.07) is 5.57. The zero-order valence-electron chi connectivity index (χ0n) is 17.0. The summed E-state index contributed by atoms with van der Waals surface area (Å²) in [5.74, 6) is -2.44. The van der Waals surface area contributed by atoms with Gasteiger partial charge in [-0.25, -0.2) is 14.0 Å². The van der Waals surface area contributed by atoms with Gasteiger partial charge in [0.1, 0.15) is 23.8 Å². The third-order valence-electron chi connectivity index (χ3n) is 3.80. The van der Waals surface area contributed by atoms with Crippen LogP contribution in [0.15, 0.2) is 36.4 Å². The number of halogens is 4. The number of carbonyl (C=O) groups is 2. The van der Waals surface area contributed by atoms with Crippen LogP contribution in [-0.2, 0) is 10.9 Å². The Morgan fingerprint density at radius 3 is 2.29 bits per heavy atom. The molecule has 0 aliphatic carbocycles. The van der Waals surface area contributed by atoms with E-state index in [2.05, 4.69) is 5.32 Å². The van der Waals surface area contributed by atoms with Gasteiger partial charge in [0.2, 0.25) is 0 Å². The summed E-state index contributed by atoms with van der Waals surface area (Å²) < 4.78 is 63.1. The van der Waals surface area contributed by atoms with Crippen LogP contribution >= 0.6 is 0 Å². The number of ether oxygens (including phenoxy) is 2. The van der Waals surface area contributed by atoms with E-state index < -0.39 is 35.2 Å². The van der Waals surface area contributed by atoms with Crippen LogP contribution in [0.1, 0.15) is 36.7 Å². The Hall–Kier alpha value is -3.30. The molecule has 2 aromatic carbocycles. The van der Waals surface area contributed by atoms with Gasteiger partial charge in [0.15, 0.2) is 0 Å². The molecule has 0 bridgehead atoms. The standard InChI is InChI=1S/C21H21F4NO5/c1-20(2,3)31-19(29)26-6-7-30-15-9-12(8-13(10-15)18(27)28)16-5-4-14(11-17(16)22)21(23,24)25/h4-5,8-11H,6-7H2,1-3H3,(H,26,29)(H,27,28). The monoisotopic (exact) mass is 443 g/mol. The molecule has 168 valence electrons. The number of rotatable bonds is 6. The predicted molar refractivity (Wildman–Crippen MR) is 104 cm³/mol. The lowest BCUT2D eigenvalue weighted by Crippen LogP contribution is -2.34. The summed E-state index contributed by atoms with van der Waals surface area (Å²) in [4.78, 5) is 23.0. The molecule has 2 rings (SSSR count). The fourth-order valence-electron chi connectivity index (χ4n) is 2.52. The lowest BCUT2D eigenvalue weighted by molar-refractivity contribution is -0.137. The second-order valence-corrected chi connectivity index (χ2v) is 7.52. The molecule has 2 aromatic rings. The molecule has 0 radical (unpaired) electrons. The van der Waals surface area contributed by atoms with Crippen LogP contribution in [0.5, 0.6) is 5.75 Å². The number of aromatic carboxylic acids is 1. The Kier molecular flexibility index (Phi) is 7.14. The highest BCUT2D eigenvalue weighted by atomic mass is 19.4. The molecule has 0 saturated heterocycles. The second-order valence-electron chi connectivity index (χ2n) is 7.52. The molecule has 2 N–H and O–H groups in total. The molecular formula is C21H21F4NO5. The van der Waals surface area contributed by atoms with E-state index in [1.807, 2.05) is 0 Å². The van der Waals surface area contributed by atoms with Gasteiger partial charge in [-0.05, 0) is 56.7 Å². The highest BCUT2D eigenvalue weighted by molar-refractivity contribution is 5.90. The molecule has 0 fully saturated rings. The Labute approximate surface area is 175 Å². The number of benzene rings is 2. The summed E-state index contributed by atoms with van der Waals surface area (Å²) in [7, 11) is 0. The zero-order valence-corrected chi connectivity index (χ0v) is 17.0. The van der Waals surface area contributed by atoms with E-state index in [-0.39, 0.29) is 35.6 Å². The number of hydrogen-bond donors (Lipinski definition) is 2. The van der Waals surface area contributed by atoms with E-state index in [9.17, 15) is 32.3 Å². The summed E-state index contributed by atoms with van der Waals surface area (Å²) in [6.07, 6.45) is -5.37. The summed E-state index contributed by atoms with van der Waals surface area (Å²) in [5.41, 5.74) is -2.27. The number of nitrogens with one attached hydrogen (secondary N) is 1. The molecule has 0 aromatic heterocycles. The summed E-state index contributed by atoms with van der Waals surface area (Å²) >= 11 is 0. The Bertz CT molecular complexity index is 967. The van der Waals surface area contributed by atoms with E-state index in [0.717, 1.165) is 12.1 Å². The van der Waals surface area contributed by atoms with Crippen molar-refractivity contribution in [2.24, 2.45) is 0 Å². The highest BCUT2D eigenvalue weighted by Crippen LogP contribution is 2.34. The average Bonchev–Trinajstić information content (AvgIpc) is 2.62. The maximum Gasteiger partial charge on any atom is 0.416 e. The van der Waals surface area contributed by atoms with E-state index in [0.29, 0.717) is 12.1 Å². The van der Waals surface area contributed by atoms with Gasteiger partial charge in [-0.2, -0.15) is 13.2 Å². The minimum Gasteiger partial charge on any atom is -0.492 e. The number of hydrogen-bond acceptors (Lipinski definition) is 4. The van der Waals surface area contributed by atoms with Crippen molar-refractivity contribution in [3.8, 4) is 16.9 Å². The van der Waals surface area contributed by atoms with E-state index in [4.69, 9.17) is 9.47 Å². The molecule has 6 nitrogen and oxygen atoms in total. The van der Waals surface area contributed by atoms with Crippen molar-refractivity contribution in [1.29, 1.82) is 0 Å². The molecule has 31 heavy (non-hydrogen) atoms. The first-order valence-corrected chi connectivity index (χ1v) is 9.11. The molecule has 0 atom stereocenters. The molecule has 0 saturated carbocycles. The number of amides is 1. The van der Waals surface area contributed by atoms with Gasteiger partial charge in [-0.1, -0.05) is 6.07 Å². The number of alkyl halides is 3. The van der Waals surface area contributed by atoms with Crippen molar-refractivity contribution < 1.29 is 41.7 Å². The van der Waals surface area contributed by atoms with Crippen molar-refractivity contribution >= 4 is 12.1 Å². The number of alkyl carbamates (subject to hydrolysis) is 1. The SMILES string of the molecule is CC(C)(C)OC(=O)NCCOc1cc(C(=O)O)cc(-c2ccc(C(F)(F)F)cc2F)c1. The lowest BCUT2D eigenvalue weighted by Gasteiger charge is -2.19. The van der Waals surface area contributed by atoms with Crippen molar-refractivity contribution in [3.05, 3.63) is 53.3 Å². The van der Waals surface area contributed by atoms with Crippen molar-refractivity contribution in [2.45, 2.75) is 32.5 Å². The first-order chi connectivity index (χ1) is 14.3. The fourth-order valence-corrected chi connectivity index (χ4v) is 2.52. The van der Waals surface area contributed by atoms with E-state index in [1.54, 1.807) is 20.8 Å². The largest absolute Gasteiger partial charge is 0.492 e. The molecule has 0 spiro atoms. The lowest BCUT2D eigenvalue weighted by atomic mass is 10.0. The van der Waals surface area contributed by atoms with E-state index >= 15 is 0 Å². The van der Waals surface area contributed by atoms with Gasteiger partial charge in [0, 0.05) is 5.56 Å². The van der Waals surface area contributed by atoms with Crippen LogP contribution in [0, 0.1) is 5.82 Å². The Balaban J connectivity index is 2.18. The molecule has 0 aliphatic rings. The number of carboxylic acid groups (broad SMARTS) is 1. The van der Waals surface area contributed by atoms with Gasteiger partial charge in [-0.3, -0.25) is 0 Å². The van der Waals surface area contributed by atoms with Gasteiger partial charge < -0.3 is 19.9 Å². The maximum absolute atomic E-state index is 14.3. The van der Waals surface area contributed by atoms with Crippen LogP contribution in [0.2, 0.25) is 0 Å². The van der Waals surface area contributed by atoms with Gasteiger partial charge in [0.25, 0.3) is 0 Å². The van der Waals surface area contributed by atoms with Crippen LogP contribution in [0.4, 0.5) is 22.4 Å². The third kappa shape index (κ3) is 7.16. The minimum absolute atomic E-state index is 0.0289. The second kappa shape index (κ2) is 9.23. The average molecular weight is 443 g/mol. The number of carboxylic acids is 1. The van der Waals surface area contributed by atoms with Crippen molar-refractivity contribution in [3.63, 3.8) is 0 Å².